The Labute approximate surface area is 123 Å². The summed E-state index contributed by atoms with van der Waals surface area (Å²) in [4.78, 5) is 25.3. The van der Waals surface area contributed by atoms with Gasteiger partial charge in [-0.1, -0.05) is 30.3 Å². The average molecular weight is 293 g/mol. The van der Waals surface area contributed by atoms with Gasteiger partial charge >= 0.3 is 12.1 Å². The molecule has 0 N–H and O–H groups in total. The lowest BCUT2D eigenvalue weighted by atomic mass is 10.2. The maximum Gasteiger partial charge on any atom is 0.412 e. The van der Waals surface area contributed by atoms with Gasteiger partial charge in [-0.2, -0.15) is 0 Å². The molecule has 1 amide bonds. The van der Waals surface area contributed by atoms with Crippen LogP contribution in [0.4, 0.5) is 4.79 Å². The lowest BCUT2D eigenvalue weighted by Crippen LogP contribution is -2.46. The van der Waals surface area contributed by atoms with Gasteiger partial charge < -0.3 is 14.2 Å². The van der Waals surface area contributed by atoms with E-state index in [0.717, 1.165) is 5.56 Å². The number of nitrogens with zero attached hydrogens (tertiary/aromatic N) is 1. The van der Waals surface area contributed by atoms with Gasteiger partial charge in [0.15, 0.2) is 0 Å². The fourth-order valence-electron chi connectivity index (χ4n) is 2.42. The lowest BCUT2D eigenvalue weighted by Gasteiger charge is -2.27. The van der Waals surface area contributed by atoms with E-state index in [-0.39, 0.29) is 6.61 Å². The Morgan fingerprint density at radius 3 is 2.52 bits per heavy atom. The van der Waals surface area contributed by atoms with Crippen molar-refractivity contribution in [2.24, 2.45) is 0 Å². The van der Waals surface area contributed by atoms with Gasteiger partial charge in [0.05, 0.1) is 7.11 Å². The van der Waals surface area contributed by atoms with Gasteiger partial charge in [-0.25, -0.2) is 9.59 Å². The number of esters is 1. The summed E-state index contributed by atoms with van der Waals surface area (Å²) in [7, 11) is 2.80. The summed E-state index contributed by atoms with van der Waals surface area (Å²) in [5.41, 5.74) is 0.883. The first kappa shape index (κ1) is 15.3. The topological polar surface area (TPSA) is 65.1 Å². The smallest absolute Gasteiger partial charge is 0.412 e. The monoisotopic (exact) mass is 293 g/mol. The van der Waals surface area contributed by atoms with E-state index in [4.69, 9.17) is 14.2 Å². The van der Waals surface area contributed by atoms with Crippen LogP contribution in [0.25, 0.3) is 0 Å². The molecule has 21 heavy (non-hydrogen) atoms. The third-order valence-corrected chi connectivity index (χ3v) is 3.49. The highest BCUT2D eigenvalue weighted by atomic mass is 16.6. The van der Waals surface area contributed by atoms with Crippen LogP contribution in [0.5, 0.6) is 0 Å². The number of methoxy groups -OCH3 is 2. The summed E-state index contributed by atoms with van der Waals surface area (Å²) in [6, 6.07) is 8.71. The largest absolute Gasteiger partial charge is 0.467 e. The number of hydrogen-bond acceptors (Lipinski definition) is 5. The lowest BCUT2D eigenvalue weighted by molar-refractivity contribution is -0.147. The Bertz CT molecular complexity index is 490. The number of carbonyl (C=O) groups excluding carboxylic acids is 2. The van der Waals surface area contributed by atoms with Crippen LogP contribution in [0, 0.1) is 0 Å². The fourth-order valence-corrected chi connectivity index (χ4v) is 2.42. The standard InChI is InChI=1S/C15H19NO5/c1-19-13-9-8-12(14(17)20-2)16(13)15(18)21-10-11-6-4-3-5-7-11/h3-7,12-13H,8-10H2,1-2H3/t12-,13-/m0/s1. The molecule has 1 fully saturated rings. The number of ether oxygens (including phenoxy) is 3. The number of amides is 1. The molecule has 0 spiro atoms. The van der Waals surface area contributed by atoms with Gasteiger partial charge in [-0.3, -0.25) is 4.90 Å². The predicted octanol–water partition coefficient (Wildman–Crippen LogP) is 1.93. The molecular formula is C15H19NO5. The molecule has 0 unspecified atom stereocenters. The van der Waals surface area contributed by atoms with Crippen molar-refractivity contribution in [3.8, 4) is 0 Å². The van der Waals surface area contributed by atoms with Gasteiger partial charge in [0.2, 0.25) is 0 Å². The summed E-state index contributed by atoms with van der Waals surface area (Å²) in [5.74, 6) is -0.453. The van der Waals surface area contributed by atoms with Gasteiger partial charge in [0.1, 0.15) is 18.9 Å². The normalized spacial score (nSPS) is 21.1. The zero-order valence-corrected chi connectivity index (χ0v) is 12.2. The zero-order chi connectivity index (χ0) is 15.2. The molecule has 0 aliphatic carbocycles. The van der Waals surface area contributed by atoms with Crippen LogP contribution in [0.3, 0.4) is 0 Å². The maximum atomic E-state index is 12.2. The molecule has 6 nitrogen and oxygen atoms in total. The van der Waals surface area contributed by atoms with E-state index in [1.807, 2.05) is 30.3 Å². The second-order valence-electron chi connectivity index (χ2n) is 4.75. The molecule has 0 aromatic heterocycles. The third kappa shape index (κ3) is 3.52. The van der Waals surface area contributed by atoms with Crippen molar-refractivity contribution in [2.45, 2.75) is 31.7 Å². The summed E-state index contributed by atoms with van der Waals surface area (Å²) in [6.07, 6.45) is 0.0541. The fraction of sp³-hybridized carbons (Fsp3) is 0.467. The molecule has 0 bridgehead atoms. The molecule has 0 saturated carbocycles. The number of benzene rings is 1. The molecule has 114 valence electrons. The summed E-state index contributed by atoms with van der Waals surface area (Å²) < 4.78 is 15.2. The first-order chi connectivity index (χ1) is 10.2. The van der Waals surface area contributed by atoms with Crippen LogP contribution in [0.2, 0.25) is 0 Å². The molecular weight excluding hydrogens is 274 g/mol. The zero-order valence-electron chi connectivity index (χ0n) is 12.2. The third-order valence-electron chi connectivity index (χ3n) is 3.49. The van der Waals surface area contributed by atoms with Crippen molar-refractivity contribution >= 4 is 12.1 Å². The molecule has 1 heterocycles. The van der Waals surface area contributed by atoms with Crippen LogP contribution in [-0.2, 0) is 25.6 Å². The first-order valence-corrected chi connectivity index (χ1v) is 6.77. The summed E-state index contributed by atoms with van der Waals surface area (Å²) in [5, 5.41) is 0. The SMILES string of the molecule is COC(=O)[C@@H]1CC[C@H](OC)N1C(=O)OCc1ccccc1. The van der Waals surface area contributed by atoms with E-state index in [1.165, 1.54) is 19.1 Å². The highest BCUT2D eigenvalue weighted by Gasteiger charge is 2.42. The minimum Gasteiger partial charge on any atom is -0.467 e. The second-order valence-corrected chi connectivity index (χ2v) is 4.75. The summed E-state index contributed by atoms with van der Waals surface area (Å²) in [6.45, 7) is 0.153. The van der Waals surface area contributed by atoms with E-state index in [9.17, 15) is 9.59 Å². The molecule has 2 atom stereocenters. The molecule has 0 radical (unpaired) electrons. The minimum absolute atomic E-state index is 0.153. The molecule has 1 aromatic carbocycles. The molecule has 1 aliphatic rings. The molecule has 2 rings (SSSR count). The highest BCUT2D eigenvalue weighted by Crippen LogP contribution is 2.26. The van der Waals surface area contributed by atoms with Crippen LogP contribution >= 0.6 is 0 Å². The Morgan fingerprint density at radius 1 is 1.19 bits per heavy atom. The molecule has 1 saturated heterocycles. The Kier molecular flexibility index (Phi) is 5.16. The number of rotatable bonds is 4. The van der Waals surface area contributed by atoms with Gasteiger partial charge in [0, 0.05) is 7.11 Å². The van der Waals surface area contributed by atoms with Gasteiger partial charge in [0.25, 0.3) is 0 Å². The van der Waals surface area contributed by atoms with E-state index in [0.29, 0.717) is 12.8 Å². The van der Waals surface area contributed by atoms with Crippen molar-refractivity contribution in [2.75, 3.05) is 14.2 Å². The highest BCUT2D eigenvalue weighted by molar-refractivity contribution is 5.82. The Balaban J connectivity index is 2.02. The van der Waals surface area contributed by atoms with Gasteiger partial charge in [-0.15, -0.1) is 0 Å². The average Bonchev–Trinajstić information content (AvgIpc) is 2.96. The quantitative estimate of drug-likeness (QED) is 0.794. The number of carbonyl (C=O) groups is 2. The van der Waals surface area contributed by atoms with E-state index in [2.05, 4.69) is 0 Å². The van der Waals surface area contributed by atoms with Crippen LogP contribution in [0.1, 0.15) is 18.4 Å². The number of likely N-dealkylation sites (tertiary alicyclic amines) is 1. The van der Waals surface area contributed by atoms with E-state index in [1.54, 1.807) is 0 Å². The molecule has 1 aliphatic heterocycles. The Hall–Kier alpha value is -2.08. The molecule has 6 heteroatoms. The summed E-state index contributed by atoms with van der Waals surface area (Å²) >= 11 is 0. The maximum absolute atomic E-state index is 12.2. The van der Waals surface area contributed by atoms with Crippen molar-refractivity contribution < 1.29 is 23.8 Å². The minimum atomic E-state index is -0.650. The van der Waals surface area contributed by atoms with E-state index < -0.39 is 24.3 Å². The van der Waals surface area contributed by atoms with Crippen molar-refractivity contribution in [1.82, 2.24) is 4.90 Å². The van der Waals surface area contributed by atoms with E-state index >= 15 is 0 Å². The Morgan fingerprint density at radius 2 is 1.90 bits per heavy atom. The van der Waals surface area contributed by atoms with Crippen molar-refractivity contribution in [1.29, 1.82) is 0 Å². The van der Waals surface area contributed by atoms with Crippen LogP contribution in [-0.4, -0.2) is 43.5 Å². The van der Waals surface area contributed by atoms with Crippen LogP contribution < -0.4 is 0 Å². The molecule has 1 aromatic rings. The van der Waals surface area contributed by atoms with Crippen molar-refractivity contribution in [3.63, 3.8) is 0 Å². The predicted molar refractivity (Wildman–Crippen MR) is 74.3 cm³/mol. The van der Waals surface area contributed by atoms with Crippen LogP contribution in [0.15, 0.2) is 30.3 Å². The number of hydrogen-bond donors (Lipinski definition) is 0. The second kappa shape index (κ2) is 7.08. The van der Waals surface area contributed by atoms with Crippen molar-refractivity contribution in [3.05, 3.63) is 35.9 Å². The van der Waals surface area contributed by atoms with Gasteiger partial charge in [-0.05, 0) is 18.4 Å². The first-order valence-electron chi connectivity index (χ1n) is 6.77.